The first-order valence-corrected chi connectivity index (χ1v) is 21.5. The summed E-state index contributed by atoms with van der Waals surface area (Å²) in [6.07, 6.45) is 0. The maximum absolute atomic E-state index is 6.32. The molecule has 0 atom stereocenters. The zero-order valence-electron chi connectivity index (χ0n) is 34.4. The van der Waals surface area contributed by atoms with E-state index in [4.69, 9.17) is 4.42 Å². The van der Waals surface area contributed by atoms with Crippen molar-refractivity contribution in [1.82, 2.24) is 4.57 Å². The van der Waals surface area contributed by atoms with E-state index in [2.05, 4.69) is 240 Å². The molecule has 0 saturated carbocycles. The van der Waals surface area contributed by atoms with E-state index >= 15 is 0 Å². The highest BCUT2D eigenvalue weighted by Gasteiger charge is 2.19. The van der Waals surface area contributed by atoms with Crippen LogP contribution in [0.1, 0.15) is 0 Å². The highest BCUT2D eigenvalue weighted by atomic mass is 16.3. The smallest absolute Gasteiger partial charge is 0.136 e. The van der Waals surface area contributed by atoms with E-state index in [1.807, 2.05) is 12.1 Å². The number of furan rings is 1. The summed E-state index contributed by atoms with van der Waals surface area (Å²) in [6.45, 7) is 0. The first-order valence-electron chi connectivity index (χ1n) is 21.5. The molecule has 12 aromatic rings. The lowest BCUT2D eigenvalue weighted by molar-refractivity contribution is 0.669. The molecule has 3 heteroatoms. The third-order valence-corrected chi connectivity index (χ3v) is 12.4. The van der Waals surface area contributed by atoms with Gasteiger partial charge in [0.05, 0.1) is 16.7 Å². The molecule has 2 aromatic heterocycles. The molecule has 63 heavy (non-hydrogen) atoms. The van der Waals surface area contributed by atoms with Crippen LogP contribution in [-0.4, -0.2) is 4.57 Å². The van der Waals surface area contributed by atoms with Crippen LogP contribution in [-0.2, 0) is 0 Å². The van der Waals surface area contributed by atoms with Crippen LogP contribution in [0, 0.1) is 0 Å². The Hall–Kier alpha value is -8.40. The molecular formula is C60H40N2O. The molecule has 0 aliphatic heterocycles. The molecule has 0 saturated heterocycles. The van der Waals surface area contributed by atoms with Gasteiger partial charge in [0.2, 0.25) is 0 Å². The van der Waals surface area contributed by atoms with Crippen molar-refractivity contribution in [2.45, 2.75) is 0 Å². The van der Waals surface area contributed by atoms with E-state index < -0.39 is 0 Å². The third-order valence-electron chi connectivity index (χ3n) is 12.4. The molecule has 0 bridgehead atoms. The van der Waals surface area contributed by atoms with Gasteiger partial charge >= 0.3 is 0 Å². The number of hydrogen-bond acceptors (Lipinski definition) is 2. The van der Waals surface area contributed by atoms with E-state index in [0.29, 0.717) is 0 Å². The molecule has 0 fully saturated rings. The van der Waals surface area contributed by atoms with Crippen molar-refractivity contribution in [1.29, 1.82) is 0 Å². The Labute approximate surface area is 366 Å². The van der Waals surface area contributed by atoms with Crippen molar-refractivity contribution < 1.29 is 4.42 Å². The van der Waals surface area contributed by atoms with Crippen LogP contribution in [0.4, 0.5) is 17.1 Å². The van der Waals surface area contributed by atoms with Gasteiger partial charge in [0.15, 0.2) is 0 Å². The minimum atomic E-state index is 0.889. The highest BCUT2D eigenvalue weighted by molar-refractivity contribution is 6.10. The van der Waals surface area contributed by atoms with Crippen LogP contribution in [0.5, 0.6) is 0 Å². The maximum Gasteiger partial charge on any atom is 0.136 e. The lowest BCUT2D eigenvalue weighted by atomic mass is 9.97. The average Bonchev–Trinajstić information content (AvgIpc) is 3.90. The number of rotatable bonds is 8. The Balaban J connectivity index is 0.988. The van der Waals surface area contributed by atoms with Gasteiger partial charge in [-0.25, -0.2) is 0 Å². The third kappa shape index (κ3) is 6.46. The Bertz CT molecular complexity index is 3550. The van der Waals surface area contributed by atoms with Crippen molar-refractivity contribution in [3.05, 3.63) is 243 Å². The van der Waals surface area contributed by atoms with E-state index in [-0.39, 0.29) is 0 Å². The number of fused-ring (bicyclic) bond motifs is 6. The summed E-state index contributed by atoms with van der Waals surface area (Å²) in [5.74, 6) is 0. The fraction of sp³-hybridized carbons (Fsp3) is 0. The number of benzene rings is 10. The molecule has 0 aliphatic rings. The summed E-state index contributed by atoms with van der Waals surface area (Å²) in [5.41, 5.74) is 17.8. The van der Waals surface area contributed by atoms with E-state index in [0.717, 1.165) is 66.9 Å². The Kier molecular flexibility index (Phi) is 8.83. The van der Waals surface area contributed by atoms with Crippen molar-refractivity contribution in [2.24, 2.45) is 0 Å². The monoisotopic (exact) mass is 804 g/mol. The molecule has 0 aliphatic carbocycles. The van der Waals surface area contributed by atoms with Crippen molar-refractivity contribution >= 4 is 60.8 Å². The molecule has 296 valence electrons. The second-order valence-corrected chi connectivity index (χ2v) is 16.1. The first kappa shape index (κ1) is 36.5. The van der Waals surface area contributed by atoms with Gasteiger partial charge in [-0.2, -0.15) is 0 Å². The Morgan fingerprint density at radius 1 is 0.286 bits per heavy atom. The number of para-hydroxylation sites is 3. The zero-order valence-corrected chi connectivity index (χ0v) is 34.4. The summed E-state index contributed by atoms with van der Waals surface area (Å²) < 4.78 is 8.76. The number of hydrogen-bond donors (Lipinski definition) is 0. The minimum Gasteiger partial charge on any atom is -0.456 e. The molecule has 0 unspecified atom stereocenters. The van der Waals surface area contributed by atoms with Gasteiger partial charge in [-0.1, -0.05) is 170 Å². The molecule has 10 aromatic carbocycles. The van der Waals surface area contributed by atoms with Crippen LogP contribution < -0.4 is 4.90 Å². The van der Waals surface area contributed by atoms with Crippen LogP contribution in [0.25, 0.3) is 93.9 Å². The van der Waals surface area contributed by atoms with Crippen LogP contribution >= 0.6 is 0 Å². The SMILES string of the molecule is c1ccc(-c2ccc(N(c3ccc(-c4ccc(-c5ccccc5)cc4-n4c5ccccc5c5ccccc54)cc3)c3cccc(-c4ccc5c(c4)oc4ccccc45)c3)cc2)cc1. The molecule has 0 amide bonds. The van der Waals surface area contributed by atoms with Crippen molar-refractivity contribution in [3.63, 3.8) is 0 Å². The van der Waals surface area contributed by atoms with Crippen LogP contribution in [0.3, 0.4) is 0 Å². The van der Waals surface area contributed by atoms with E-state index in [1.54, 1.807) is 0 Å². The van der Waals surface area contributed by atoms with Gasteiger partial charge in [0.25, 0.3) is 0 Å². The van der Waals surface area contributed by atoms with Crippen LogP contribution in [0.15, 0.2) is 247 Å². The van der Waals surface area contributed by atoms with Crippen molar-refractivity contribution in [2.75, 3.05) is 4.90 Å². The largest absolute Gasteiger partial charge is 0.456 e. The second-order valence-electron chi connectivity index (χ2n) is 16.1. The molecule has 2 heterocycles. The van der Waals surface area contributed by atoms with Gasteiger partial charge in [0, 0.05) is 44.2 Å². The molecular weight excluding hydrogens is 765 g/mol. The van der Waals surface area contributed by atoms with E-state index in [1.165, 1.54) is 44.1 Å². The summed E-state index contributed by atoms with van der Waals surface area (Å²) in [5, 5.41) is 4.75. The molecule has 12 rings (SSSR count). The number of aromatic nitrogens is 1. The summed E-state index contributed by atoms with van der Waals surface area (Å²) >= 11 is 0. The lowest BCUT2D eigenvalue weighted by Crippen LogP contribution is -2.10. The molecule has 0 radical (unpaired) electrons. The van der Waals surface area contributed by atoms with E-state index in [9.17, 15) is 0 Å². The zero-order chi connectivity index (χ0) is 41.7. The Morgan fingerprint density at radius 3 is 1.44 bits per heavy atom. The lowest BCUT2D eigenvalue weighted by Gasteiger charge is -2.26. The molecule has 3 nitrogen and oxygen atoms in total. The van der Waals surface area contributed by atoms with Gasteiger partial charge in [-0.15, -0.1) is 0 Å². The second kappa shape index (κ2) is 15.3. The minimum absolute atomic E-state index is 0.889. The predicted molar refractivity (Wildman–Crippen MR) is 264 cm³/mol. The standard InChI is InChI=1S/C60H40N2O/c1-3-14-41(15-4-1)43-26-32-48(33-27-43)61(50-19-13-18-45(38-50)47-31-37-55-54-22-9-12-25-59(54)63-60(55)40-47)49-34-28-44(29-35-49)51-36-30-46(42-16-5-2-6-17-42)39-58(51)62-56-23-10-7-20-52(56)53-21-8-11-24-57(53)62/h1-40H. The molecule has 0 spiro atoms. The Morgan fingerprint density at radius 2 is 0.762 bits per heavy atom. The topological polar surface area (TPSA) is 21.3 Å². The van der Waals surface area contributed by atoms with Crippen LogP contribution in [0.2, 0.25) is 0 Å². The van der Waals surface area contributed by atoms with Gasteiger partial charge in [0.1, 0.15) is 11.2 Å². The maximum atomic E-state index is 6.32. The van der Waals surface area contributed by atoms with Gasteiger partial charge in [-0.3, -0.25) is 0 Å². The fourth-order valence-corrected chi connectivity index (χ4v) is 9.35. The quantitative estimate of drug-likeness (QED) is 0.153. The number of anilines is 3. The summed E-state index contributed by atoms with van der Waals surface area (Å²) in [7, 11) is 0. The predicted octanol–water partition coefficient (Wildman–Crippen LogP) is 16.8. The highest BCUT2D eigenvalue weighted by Crippen LogP contribution is 2.42. The summed E-state index contributed by atoms with van der Waals surface area (Å²) in [4.78, 5) is 2.36. The number of nitrogens with zero attached hydrogens (tertiary/aromatic N) is 2. The fourth-order valence-electron chi connectivity index (χ4n) is 9.35. The molecule has 0 N–H and O–H groups in total. The van der Waals surface area contributed by atoms with Gasteiger partial charge < -0.3 is 13.9 Å². The first-order chi connectivity index (χ1) is 31.2. The average molecular weight is 805 g/mol. The normalized spacial score (nSPS) is 11.5. The summed E-state index contributed by atoms with van der Waals surface area (Å²) in [6, 6.07) is 87.2. The van der Waals surface area contributed by atoms with Crippen molar-refractivity contribution in [3.8, 4) is 50.2 Å². The van der Waals surface area contributed by atoms with Gasteiger partial charge in [-0.05, 0) is 112 Å².